The summed E-state index contributed by atoms with van der Waals surface area (Å²) in [5.41, 5.74) is 4.93. The smallest absolute Gasteiger partial charge is 0.339 e. The van der Waals surface area contributed by atoms with Crippen molar-refractivity contribution in [2.75, 3.05) is 6.79 Å². The molecule has 6 rings (SSSR count). The zero-order chi connectivity index (χ0) is 23.2. The molecule has 1 aliphatic heterocycles. The number of rotatable bonds is 5. The third kappa shape index (κ3) is 3.77. The molecule has 0 radical (unpaired) electrons. The number of fused-ring (bicyclic) bond motifs is 3. The average Bonchev–Trinajstić information content (AvgIpc) is 3.38. The summed E-state index contributed by atoms with van der Waals surface area (Å²) >= 11 is 0. The monoisotopic (exact) mass is 456 g/mol. The van der Waals surface area contributed by atoms with Crippen LogP contribution in [0.2, 0.25) is 0 Å². The number of pyridine rings is 1. The first-order chi connectivity index (χ1) is 16.6. The second-order valence-electron chi connectivity index (χ2n) is 8.94. The van der Waals surface area contributed by atoms with Crippen LogP contribution in [0, 0.1) is 0 Å². The number of carbonyl (C=O) groups excluding carboxylic acids is 2. The molecule has 1 amide bonds. The summed E-state index contributed by atoms with van der Waals surface area (Å²) in [5, 5.41) is 3.64. The van der Waals surface area contributed by atoms with Gasteiger partial charge < -0.3 is 19.5 Å². The molecule has 7 nitrogen and oxygen atoms in total. The van der Waals surface area contributed by atoms with Crippen LogP contribution in [0.1, 0.15) is 53.4 Å². The van der Waals surface area contributed by atoms with E-state index in [2.05, 4.69) is 11.4 Å². The molecule has 0 saturated heterocycles. The maximum absolute atomic E-state index is 13.3. The first-order valence-electron chi connectivity index (χ1n) is 11.6. The van der Waals surface area contributed by atoms with Gasteiger partial charge in [-0.3, -0.25) is 4.79 Å². The molecule has 2 aliphatic carbocycles. The second kappa shape index (κ2) is 8.17. The number of amides is 1. The van der Waals surface area contributed by atoms with Gasteiger partial charge in [-0.15, -0.1) is 0 Å². The minimum absolute atomic E-state index is 0.212. The molecular formula is C27H24N2O5. The van der Waals surface area contributed by atoms with Gasteiger partial charge in [-0.25, -0.2) is 9.78 Å². The van der Waals surface area contributed by atoms with Crippen LogP contribution in [0.15, 0.2) is 42.5 Å². The molecule has 1 N–H and O–H groups in total. The summed E-state index contributed by atoms with van der Waals surface area (Å²) in [4.78, 5) is 30.6. The quantitative estimate of drug-likeness (QED) is 0.577. The van der Waals surface area contributed by atoms with Gasteiger partial charge in [0.05, 0.1) is 16.8 Å². The van der Waals surface area contributed by atoms with Gasteiger partial charge in [0.15, 0.2) is 17.6 Å². The largest absolute Gasteiger partial charge is 0.454 e. The highest BCUT2D eigenvalue weighted by molar-refractivity contribution is 6.07. The van der Waals surface area contributed by atoms with Gasteiger partial charge in [0.1, 0.15) is 0 Å². The first-order valence-corrected chi connectivity index (χ1v) is 11.6. The van der Waals surface area contributed by atoms with Crippen LogP contribution < -0.4 is 14.8 Å². The van der Waals surface area contributed by atoms with Gasteiger partial charge in [-0.1, -0.05) is 24.3 Å². The Bertz CT molecular complexity index is 1360. The lowest BCUT2D eigenvalue weighted by Crippen LogP contribution is -2.37. The first kappa shape index (κ1) is 20.7. The van der Waals surface area contributed by atoms with Crippen LogP contribution in [0.5, 0.6) is 11.5 Å². The fourth-order valence-corrected chi connectivity index (χ4v) is 4.54. The lowest BCUT2D eigenvalue weighted by molar-refractivity contribution is -0.129. The molecule has 0 bridgehead atoms. The lowest BCUT2D eigenvalue weighted by Gasteiger charge is -2.16. The molecular weight excluding hydrogens is 432 g/mol. The standard InChI is InChI=1S/C27H24N2O5/c1-15(26(30)28-18-8-9-18)34-27(31)24-19-4-2-3-5-21(19)29-25-17(7-10-20(24)25)12-16-6-11-22-23(13-16)33-14-32-22/h2-6,11-13,15,18H,7-10,14H2,1H3,(H,28,30)/b17-12+. The van der Waals surface area contributed by atoms with Crippen LogP contribution >= 0.6 is 0 Å². The van der Waals surface area contributed by atoms with Crippen LogP contribution in [0.3, 0.4) is 0 Å². The van der Waals surface area contributed by atoms with E-state index in [1.165, 1.54) is 0 Å². The Morgan fingerprint density at radius 3 is 2.79 bits per heavy atom. The Kier molecular flexibility index (Phi) is 4.98. The van der Waals surface area contributed by atoms with E-state index >= 15 is 0 Å². The average molecular weight is 456 g/mol. The highest BCUT2D eigenvalue weighted by Gasteiger charge is 2.31. The number of nitrogens with one attached hydrogen (secondary N) is 1. The zero-order valence-electron chi connectivity index (χ0n) is 18.8. The fraction of sp³-hybridized carbons (Fsp3) is 0.296. The highest BCUT2D eigenvalue weighted by atomic mass is 16.7. The number of nitrogens with zero attached hydrogens (tertiary/aromatic N) is 1. The molecule has 1 aromatic heterocycles. The Morgan fingerprint density at radius 1 is 1.12 bits per heavy atom. The Labute approximate surface area is 196 Å². The number of allylic oxidation sites excluding steroid dienone is 1. The molecule has 1 saturated carbocycles. The molecule has 1 unspecified atom stereocenters. The summed E-state index contributed by atoms with van der Waals surface area (Å²) in [6.07, 6.45) is 4.61. The van der Waals surface area contributed by atoms with E-state index < -0.39 is 12.1 Å². The van der Waals surface area contributed by atoms with Crippen LogP contribution in [-0.4, -0.2) is 35.8 Å². The van der Waals surface area contributed by atoms with Crippen molar-refractivity contribution in [3.8, 4) is 11.5 Å². The van der Waals surface area contributed by atoms with E-state index in [9.17, 15) is 9.59 Å². The van der Waals surface area contributed by atoms with Crippen molar-refractivity contribution in [1.29, 1.82) is 0 Å². The van der Waals surface area contributed by atoms with E-state index in [-0.39, 0.29) is 18.7 Å². The number of hydrogen-bond donors (Lipinski definition) is 1. The van der Waals surface area contributed by atoms with Crippen LogP contribution in [0.25, 0.3) is 22.6 Å². The summed E-state index contributed by atoms with van der Waals surface area (Å²) in [6.45, 7) is 1.85. The Morgan fingerprint density at radius 2 is 1.94 bits per heavy atom. The molecule has 2 heterocycles. The summed E-state index contributed by atoms with van der Waals surface area (Å²) < 4.78 is 16.5. The number of para-hydroxylation sites is 1. The van der Waals surface area contributed by atoms with Gasteiger partial charge >= 0.3 is 5.97 Å². The molecule has 0 spiro atoms. The maximum Gasteiger partial charge on any atom is 0.339 e. The van der Waals surface area contributed by atoms with Crippen LogP contribution in [0.4, 0.5) is 0 Å². The molecule has 172 valence electrons. The molecule has 34 heavy (non-hydrogen) atoms. The maximum atomic E-state index is 13.3. The fourth-order valence-electron chi connectivity index (χ4n) is 4.54. The van der Waals surface area contributed by atoms with Gasteiger partial charge in [0.25, 0.3) is 5.91 Å². The molecule has 1 fully saturated rings. The molecule has 1 atom stereocenters. The second-order valence-corrected chi connectivity index (χ2v) is 8.94. The predicted octanol–water partition coefficient (Wildman–Crippen LogP) is 4.27. The van der Waals surface area contributed by atoms with Crippen molar-refractivity contribution in [1.82, 2.24) is 10.3 Å². The number of hydrogen-bond acceptors (Lipinski definition) is 6. The normalized spacial score (nSPS) is 18.1. The van der Waals surface area contributed by atoms with E-state index in [1.54, 1.807) is 6.92 Å². The third-order valence-corrected chi connectivity index (χ3v) is 6.46. The summed E-state index contributed by atoms with van der Waals surface area (Å²) in [7, 11) is 0. The van der Waals surface area contributed by atoms with Crippen molar-refractivity contribution < 1.29 is 23.8 Å². The van der Waals surface area contributed by atoms with Crippen LogP contribution in [-0.2, 0) is 16.0 Å². The minimum atomic E-state index is -0.860. The predicted molar refractivity (Wildman–Crippen MR) is 127 cm³/mol. The van der Waals surface area contributed by atoms with Crippen molar-refractivity contribution >= 4 is 34.4 Å². The number of aromatic nitrogens is 1. The Hall–Kier alpha value is -3.87. The van der Waals surface area contributed by atoms with Crippen molar-refractivity contribution in [3.05, 3.63) is 64.8 Å². The number of benzene rings is 2. The zero-order valence-corrected chi connectivity index (χ0v) is 18.8. The Balaban J connectivity index is 1.36. The molecule has 3 aromatic rings. The van der Waals surface area contributed by atoms with Crippen molar-refractivity contribution in [2.45, 2.75) is 44.8 Å². The van der Waals surface area contributed by atoms with E-state index in [1.807, 2.05) is 42.5 Å². The van der Waals surface area contributed by atoms with Crippen molar-refractivity contribution in [2.24, 2.45) is 0 Å². The number of esters is 1. The molecule has 3 aliphatic rings. The number of ether oxygens (including phenoxy) is 3. The van der Waals surface area contributed by atoms with E-state index in [0.29, 0.717) is 12.0 Å². The van der Waals surface area contributed by atoms with E-state index in [0.717, 1.165) is 64.1 Å². The van der Waals surface area contributed by atoms with E-state index in [4.69, 9.17) is 19.2 Å². The summed E-state index contributed by atoms with van der Waals surface area (Å²) in [5.74, 6) is 0.719. The van der Waals surface area contributed by atoms with Gasteiger partial charge in [0.2, 0.25) is 6.79 Å². The topological polar surface area (TPSA) is 86.8 Å². The third-order valence-electron chi connectivity index (χ3n) is 6.46. The highest BCUT2D eigenvalue weighted by Crippen LogP contribution is 2.39. The minimum Gasteiger partial charge on any atom is -0.454 e. The van der Waals surface area contributed by atoms with Crippen molar-refractivity contribution in [3.63, 3.8) is 0 Å². The SMILES string of the molecule is CC(OC(=O)c1c2c(nc3ccccc13)/C(=C/c1ccc3c(c1)OCO3)CC2)C(=O)NC1CC1. The molecule has 7 heteroatoms. The van der Waals surface area contributed by atoms with Gasteiger partial charge in [-0.05, 0) is 73.6 Å². The number of carbonyl (C=O) groups is 2. The van der Waals surface area contributed by atoms with Gasteiger partial charge in [-0.2, -0.15) is 0 Å². The molecule has 2 aromatic carbocycles. The summed E-state index contributed by atoms with van der Waals surface area (Å²) in [6, 6.07) is 13.6. The lowest BCUT2D eigenvalue weighted by atomic mass is 10.0. The van der Waals surface area contributed by atoms with Gasteiger partial charge in [0, 0.05) is 11.4 Å².